The lowest BCUT2D eigenvalue weighted by Crippen LogP contribution is -2.35. The third kappa shape index (κ3) is 6.10. The lowest BCUT2D eigenvalue weighted by Gasteiger charge is -2.23. The molecule has 0 saturated carbocycles. The fraction of sp³-hybridized carbons (Fsp3) is 0.458. The molecule has 194 valence electrons. The number of hydrogen-bond acceptors (Lipinski definition) is 9. The fourth-order valence-corrected chi connectivity index (χ4v) is 5.20. The van der Waals surface area contributed by atoms with Crippen LogP contribution in [0.1, 0.15) is 40.3 Å². The van der Waals surface area contributed by atoms with Gasteiger partial charge in [-0.1, -0.05) is 25.1 Å². The molecule has 0 amide bonds. The van der Waals surface area contributed by atoms with Crippen LogP contribution in [0.2, 0.25) is 0 Å². The molecule has 1 aliphatic heterocycles. The van der Waals surface area contributed by atoms with E-state index in [0.717, 1.165) is 0 Å². The number of nitrogens with zero attached hydrogens (tertiary/aromatic N) is 3. The minimum Gasteiger partial charge on any atom is -0.462 e. The number of carbonyl (C=O) groups is 1. The Morgan fingerprint density at radius 1 is 1.31 bits per heavy atom. The highest BCUT2D eigenvalue weighted by molar-refractivity contribution is 7.45. The Labute approximate surface area is 210 Å². The minimum atomic E-state index is -1.70. The van der Waals surface area contributed by atoms with Gasteiger partial charge in [0.05, 0.1) is 24.2 Å². The van der Waals surface area contributed by atoms with Crippen molar-refractivity contribution in [3.8, 4) is 5.75 Å². The Hall–Kier alpha value is -2.85. The van der Waals surface area contributed by atoms with Gasteiger partial charge < -0.3 is 28.8 Å². The van der Waals surface area contributed by atoms with Gasteiger partial charge in [-0.05, 0) is 39.3 Å². The number of carbonyl (C=O) groups excluding carboxylic acids is 1. The van der Waals surface area contributed by atoms with Gasteiger partial charge in [-0.15, -0.1) is 0 Å². The summed E-state index contributed by atoms with van der Waals surface area (Å²) in [6.45, 7) is 7.50. The number of esters is 1. The molecule has 3 aromatic rings. The van der Waals surface area contributed by atoms with E-state index < -0.39 is 32.6 Å². The Balaban J connectivity index is 1.43. The summed E-state index contributed by atoms with van der Waals surface area (Å²) < 4.78 is 39.8. The van der Waals surface area contributed by atoms with Crippen LogP contribution in [0.25, 0.3) is 11.0 Å². The zero-order valence-corrected chi connectivity index (χ0v) is 21.5. The maximum atomic E-state index is 14.6. The van der Waals surface area contributed by atoms with Crippen LogP contribution in [0.5, 0.6) is 5.75 Å². The molecule has 1 aliphatic rings. The fourth-order valence-electron chi connectivity index (χ4n) is 3.98. The van der Waals surface area contributed by atoms with Gasteiger partial charge in [0.15, 0.2) is 11.5 Å². The summed E-state index contributed by atoms with van der Waals surface area (Å²) in [4.78, 5) is 20.4. The number of halogens is 1. The van der Waals surface area contributed by atoms with E-state index in [9.17, 15) is 9.18 Å². The third-order valence-corrected chi connectivity index (χ3v) is 6.99. The number of nitrogens with one attached hydrogen (secondary N) is 1. The maximum absolute atomic E-state index is 14.6. The molecule has 1 saturated heterocycles. The summed E-state index contributed by atoms with van der Waals surface area (Å²) in [5, 5.41) is 3.27. The molecular formula is C24H31FN5O5P. The monoisotopic (exact) mass is 519 g/mol. The average Bonchev–Trinajstić information content (AvgIpc) is 3.37. The smallest absolute Gasteiger partial charge is 0.323 e. The van der Waals surface area contributed by atoms with Crippen molar-refractivity contribution in [1.29, 1.82) is 0 Å². The maximum Gasteiger partial charge on any atom is 0.323 e. The van der Waals surface area contributed by atoms with E-state index >= 15 is 0 Å². The van der Waals surface area contributed by atoms with Crippen LogP contribution in [0.4, 0.5) is 10.2 Å². The number of para-hydroxylation sites is 1. The van der Waals surface area contributed by atoms with Crippen molar-refractivity contribution in [3.63, 3.8) is 0 Å². The summed E-state index contributed by atoms with van der Waals surface area (Å²) in [6.07, 6.45) is 2.35. The molecule has 36 heavy (non-hydrogen) atoms. The van der Waals surface area contributed by atoms with Crippen molar-refractivity contribution in [2.24, 2.45) is 5.92 Å². The minimum absolute atomic E-state index is 0.0546. The summed E-state index contributed by atoms with van der Waals surface area (Å²) in [7, 11) is -1.70. The van der Waals surface area contributed by atoms with Gasteiger partial charge in [-0.3, -0.25) is 4.79 Å². The van der Waals surface area contributed by atoms with E-state index in [2.05, 4.69) is 15.1 Å². The van der Waals surface area contributed by atoms with Crippen molar-refractivity contribution >= 4 is 31.3 Å². The van der Waals surface area contributed by atoms with Gasteiger partial charge in [0.1, 0.15) is 30.2 Å². The average molecular weight is 520 g/mol. The highest BCUT2D eigenvalue weighted by Crippen LogP contribution is 2.41. The lowest BCUT2D eigenvalue weighted by atomic mass is 10.1. The molecule has 1 fully saturated rings. The first-order chi connectivity index (χ1) is 17.2. The number of benzene rings is 1. The summed E-state index contributed by atoms with van der Waals surface area (Å²) in [5.41, 5.74) is 6.23. The number of ether oxygens (including phenoxy) is 2. The summed E-state index contributed by atoms with van der Waals surface area (Å²) in [5.74, 6) is -0.150. The van der Waals surface area contributed by atoms with Gasteiger partial charge in [0.2, 0.25) is 0 Å². The van der Waals surface area contributed by atoms with E-state index in [0.29, 0.717) is 17.8 Å². The van der Waals surface area contributed by atoms with E-state index in [1.165, 1.54) is 12.5 Å². The molecular weight excluding hydrogens is 488 g/mol. The molecule has 3 unspecified atom stereocenters. The van der Waals surface area contributed by atoms with Crippen molar-refractivity contribution in [3.05, 3.63) is 48.7 Å². The molecule has 0 aliphatic carbocycles. The van der Waals surface area contributed by atoms with Crippen LogP contribution in [-0.2, 0) is 18.8 Å². The van der Waals surface area contributed by atoms with Crippen LogP contribution in [0.15, 0.2) is 42.9 Å². The van der Waals surface area contributed by atoms with Crippen molar-refractivity contribution in [2.75, 3.05) is 12.3 Å². The largest absolute Gasteiger partial charge is 0.462 e. The van der Waals surface area contributed by atoms with Crippen LogP contribution in [0.3, 0.4) is 0 Å². The molecule has 3 heterocycles. The van der Waals surface area contributed by atoms with Crippen LogP contribution in [-0.4, -0.2) is 45.4 Å². The van der Waals surface area contributed by atoms with Gasteiger partial charge >= 0.3 is 14.5 Å². The molecule has 10 nitrogen and oxygen atoms in total. The van der Waals surface area contributed by atoms with Gasteiger partial charge in [0, 0.05) is 12.1 Å². The Bertz CT molecular complexity index is 1180. The normalized spacial score (nSPS) is 21.6. The molecule has 3 N–H and O–H groups in total. The second kappa shape index (κ2) is 11.5. The van der Waals surface area contributed by atoms with E-state index in [1.807, 2.05) is 25.1 Å². The highest BCUT2D eigenvalue weighted by Gasteiger charge is 2.36. The quantitative estimate of drug-likeness (QED) is 0.298. The summed E-state index contributed by atoms with van der Waals surface area (Å²) >= 11 is 0. The third-order valence-electron chi connectivity index (χ3n) is 5.63. The lowest BCUT2D eigenvalue weighted by molar-refractivity contribution is -0.149. The topological polar surface area (TPSA) is 123 Å². The number of anilines is 1. The van der Waals surface area contributed by atoms with E-state index in [-0.39, 0.29) is 35.9 Å². The van der Waals surface area contributed by atoms with Crippen LogP contribution < -0.4 is 15.3 Å². The van der Waals surface area contributed by atoms with E-state index in [4.69, 9.17) is 24.3 Å². The number of nitrogen functional groups attached to an aromatic ring is 1. The van der Waals surface area contributed by atoms with Gasteiger partial charge in [-0.25, -0.2) is 19.4 Å². The molecule has 12 heteroatoms. The first-order valence-corrected chi connectivity index (χ1v) is 12.9. The van der Waals surface area contributed by atoms with Gasteiger partial charge in [-0.2, -0.15) is 0 Å². The first-order valence-electron chi connectivity index (χ1n) is 11.8. The Morgan fingerprint density at radius 3 is 2.78 bits per heavy atom. The first kappa shape index (κ1) is 26.2. The van der Waals surface area contributed by atoms with Crippen LogP contribution in [0, 0.1) is 11.7 Å². The number of fused-ring (bicyclic) bond motifs is 1. The van der Waals surface area contributed by atoms with Crippen molar-refractivity contribution < 1.29 is 27.7 Å². The zero-order chi connectivity index (χ0) is 25.8. The van der Waals surface area contributed by atoms with Gasteiger partial charge in [0.25, 0.3) is 0 Å². The molecule has 5 atom stereocenters. The zero-order valence-electron chi connectivity index (χ0n) is 20.6. The van der Waals surface area contributed by atoms with Crippen LogP contribution >= 0.6 is 8.53 Å². The molecule has 1 aromatic carbocycles. The number of rotatable bonds is 10. The predicted octanol–water partition coefficient (Wildman–Crippen LogP) is 4.33. The predicted molar refractivity (Wildman–Crippen MR) is 133 cm³/mol. The van der Waals surface area contributed by atoms with Crippen molar-refractivity contribution in [1.82, 2.24) is 19.6 Å². The number of aromatic nitrogens is 3. The highest BCUT2D eigenvalue weighted by atomic mass is 31.2. The second-order valence-corrected chi connectivity index (χ2v) is 10.2. The summed E-state index contributed by atoms with van der Waals surface area (Å²) in [6, 6.07) is 8.55. The molecule has 0 spiro atoms. The van der Waals surface area contributed by atoms with Crippen molar-refractivity contribution in [2.45, 2.75) is 58.6 Å². The second-order valence-electron chi connectivity index (χ2n) is 9.00. The molecule has 0 radical (unpaired) electrons. The Morgan fingerprint density at radius 2 is 2.06 bits per heavy atom. The molecule has 2 aromatic heterocycles. The molecule has 0 bridgehead atoms. The SMILES string of the molecule is CC(C)OC(=O)C(C)N[P@](OCC1C[C@H](C)C(n2cc(F)c3c(N)ncnc32)O1)Oc1ccccc1. The Kier molecular flexibility index (Phi) is 8.35. The number of hydrogen-bond donors (Lipinski definition) is 2. The van der Waals surface area contributed by atoms with E-state index in [1.54, 1.807) is 37.5 Å². The number of nitrogens with two attached hydrogens (primary N) is 1. The molecule has 4 rings (SSSR count). The standard InChI is InChI=1S/C24H31FN5O5P/c1-14(2)33-24(31)16(4)29-36(35-17-8-6-5-7-9-17)32-12-18-10-15(3)23(34-18)30-11-19(25)20-21(26)27-13-28-22(20)30/h5-9,11,13-16,18,23,29H,10,12H2,1-4H3,(H2,26,27,28)/t15-,16?,18?,23?,36+/m0/s1.